The lowest BCUT2D eigenvalue weighted by molar-refractivity contribution is -0.162. The molecule has 2 aliphatic rings. The highest BCUT2D eigenvalue weighted by atomic mass is 35.5. The van der Waals surface area contributed by atoms with Crippen molar-refractivity contribution in [3.63, 3.8) is 0 Å². The lowest BCUT2D eigenvalue weighted by Gasteiger charge is -2.53. The molecule has 0 aromatic heterocycles. The molecule has 6 nitrogen and oxygen atoms in total. The molecule has 1 saturated carbocycles. The summed E-state index contributed by atoms with van der Waals surface area (Å²) in [5.41, 5.74) is 0.556. The predicted molar refractivity (Wildman–Crippen MR) is 141 cm³/mol. The van der Waals surface area contributed by atoms with E-state index in [1.54, 1.807) is 23.1 Å². The monoisotopic (exact) mass is 551 g/mol. The van der Waals surface area contributed by atoms with Crippen LogP contribution in [0.1, 0.15) is 62.1 Å². The largest absolute Gasteiger partial charge is 0.481 e. The summed E-state index contributed by atoms with van der Waals surface area (Å²) in [5, 5.41) is 10.9. The Balaban J connectivity index is 1.96. The van der Waals surface area contributed by atoms with Crippen LogP contribution in [0.3, 0.4) is 0 Å². The fourth-order valence-electron chi connectivity index (χ4n) is 5.75. The average Bonchev–Trinajstić information content (AvgIpc) is 3.64. The number of sulfone groups is 1. The number of carboxylic acids is 1. The number of hydrogen-bond donors (Lipinski definition) is 1. The fourth-order valence-corrected chi connectivity index (χ4v) is 7.13. The number of hydrogen-bond acceptors (Lipinski definition) is 4. The maximum atomic E-state index is 14.4. The van der Waals surface area contributed by atoms with Gasteiger partial charge in [0.1, 0.15) is 9.84 Å². The normalized spacial score (nSPS) is 25.6. The summed E-state index contributed by atoms with van der Waals surface area (Å²) in [7, 11) is -3.42. The molecular weight excluding hydrogens is 521 g/mol. The summed E-state index contributed by atoms with van der Waals surface area (Å²) in [6, 6.07) is 13.6. The van der Waals surface area contributed by atoms with Gasteiger partial charge in [-0.25, -0.2) is 8.42 Å². The zero-order valence-corrected chi connectivity index (χ0v) is 22.7. The van der Waals surface area contributed by atoms with E-state index in [2.05, 4.69) is 0 Å². The number of likely N-dealkylation sites (tertiary alicyclic amines) is 1. The number of piperidine rings is 1. The van der Waals surface area contributed by atoms with Gasteiger partial charge in [0.2, 0.25) is 5.91 Å². The first-order valence-corrected chi connectivity index (χ1v) is 15.0. The number of carbonyl (C=O) groups excluding carboxylic acids is 1. The first-order chi connectivity index (χ1) is 16.9. The number of carbonyl (C=O) groups is 2. The van der Waals surface area contributed by atoms with Crippen molar-refractivity contribution >= 4 is 44.9 Å². The van der Waals surface area contributed by atoms with E-state index in [0.717, 1.165) is 24.0 Å². The zero-order chi connectivity index (χ0) is 26.3. The minimum Gasteiger partial charge on any atom is -0.481 e. The summed E-state index contributed by atoms with van der Waals surface area (Å²) in [5.74, 6) is -1.74. The van der Waals surface area contributed by atoms with Crippen LogP contribution in [0, 0.1) is 11.3 Å². The van der Waals surface area contributed by atoms with Crippen LogP contribution in [0.4, 0.5) is 0 Å². The van der Waals surface area contributed by atoms with Gasteiger partial charge in [-0.05, 0) is 67.0 Å². The van der Waals surface area contributed by atoms with Crippen molar-refractivity contribution in [2.45, 2.75) is 57.0 Å². The highest BCUT2D eigenvalue weighted by molar-refractivity contribution is 7.90. The van der Waals surface area contributed by atoms with E-state index in [1.807, 2.05) is 37.3 Å². The molecule has 2 aromatic rings. The van der Waals surface area contributed by atoms with Gasteiger partial charge in [0, 0.05) is 28.3 Å². The molecule has 0 radical (unpaired) electrons. The third-order valence-electron chi connectivity index (χ3n) is 7.63. The highest BCUT2D eigenvalue weighted by Gasteiger charge is 2.56. The second-order valence-corrected chi connectivity index (χ2v) is 13.3. The molecule has 1 heterocycles. The standard InChI is InChI=1S/C27H31Cl2NO5S/c1-3-27(15-24(31)32)14-22(19-5-4-6-21(29)13-19)25(18-9-11-20(28)12-10-18)30(26(27)33)23(17-7-8-17)16-36(2,34)35/h4-6,9-13,17,22-23,25H,3,7-8,14-16H2,1-2H3,(H,31,32)/t22-,23-,25-,27-/m1/s1. The van der Waals surface area contributed by atoms with Gasteiger partial charge in [-0.3, -0.25) is 9.59 Å². The van der Waals surface area contributed by atoms with Gasteiger partial charge in [0.25, 0.3) is 0 Å². The Morgan fingerprint density at radius 1 is 1.11 bits per heavy atom. The van der Waals surface area contributed by atoms with Crippen molar-refractivity contribution in [3.05, 3.63) is 69.7 Å². The Hall–Kier alpha value is -2.09. The second-order valence-electron chi connectivity index (χ2n) is 10.3. The molecule has 36 heavy (non-hydrogen) atoms. The van der Waals surface area contributed by atoms with E-state index in [0.29, 0.717) is 22.9 Å². The first kappa shape index (κ1) is 27.0. The molecule has 1 aliphatic heterocycles. The van der Waals surface area contributed by atoms with Crippen molar-refractivity contribution < 1.29 is 23.1 Å². The van der Waals surface area contributed by atoms with Gasteiger partial charge >= 0.3 is 5.97 Å². The molecule has 0 bridgehead atoms. The summed E-state index contributed by atoms with van der Waals surface area (Å²) in [6.07, 6.45) is 3.17. The van der Waals surface area contributed by atoms with Crippen LogP contribution in [-0.4, -0.2) is 48.4 Å². The van der Waals surface area contributed by atoms with Crippen LogP contribution in [-0.2, 0) is 19.4 Å². The summed E-state index contributed by atoms with van der Waals surface area (Å²) in [4.78, 5) is 28.1. The number of benzene rings is 2. The van der Waals surface area contributed by atoms with E-state index in [4.69, 9.17) is 23.2 Å². The van der Waals surface area contributed by atoms with Crippen LogP contribution in [0.25, 0.3) is 0 Å². The number of rotatable bonds is 9. The van der Waals surface area contributed by atoms with Crippen LogP contribution < -0.4 is 0 Å². The van der Waals surface area contributed by atoms with E-state index in [9.17, 15) is 23.1 Å². The number of amides is 1. The summed E-state index contributed by atoms with van der Waals surface area (Å²) in [6.45, 7) is 1.83. The van der Waals surface area contributed by atoms with Crippen LogP contribution in [0.2, 0.25) is 10.0 Å². The zero-order valence-electron chi connectivity index (χ0n) is 20.4. The van der Waals surface area contributed by atoms with Gasteiger partial charge in [-0.15, -0.1) is 0 Å². The topological polar surface area (TPSA) is 91.8 Å². The smallest absolute Gasteiger partial charge is 0.304 e. The van der Waals surface area contributed by atoms with Gasteiger partial charge in [0.05, 0.1) is 23.6 Å². The number of halogens is 2. The Kier molecular flexibility index (Phi) is 7.75. The molecule has 1 saturated heterocycles. The van der Waals surface area contributed by atoms with Gasteiger partial charge in [-0.1, -0.05) is 54.4 Å². The lowest BCUT2D eigenvalue weighted by atomic mass is 9.65. The van der Waals surface area contributed by atoms with Gasteiger partial charge in [-0.2, -0.15) is 0 Å². The Morgan fingerprint density at radius 2 is 1.78 bits per heavy atom. The first-order valence-electron chi connectivity index (χ1n) is 12.2. The van der Waals surface area contributed by atoms with Crippen LogP contribution in [0.15, 0.2) is 48.5 Å². The molecule has 194 valence electrons. The van der Waals surface area contributed by atoms with E-state index in [-0.39, 0.29) is 29.9 Å². The molecule has 9 heteroatoms. The quantitative estimate of drug-likeness (QED) is 0.428. The van der Waals surface area contributed by atoms with E-state index in [1.165, 1.54) is 6.26 Å². The molecule has 4 atom stereocenters. The molecule has 2 fully saturated rings. The third-order valence-corrected chi connectivity index (χ3v) is 9.07. The van der Waals surface area contributed by atoms with Crippen molar-refractivity contribution in [1.29, 1.82) is 0 Å². The van der Waals surface area contributed by atoms with Crippen molar-refractivity contribution in [2.24, 2.45) is 11.3 Å². The van der Waals surface area contributed by atoms with Crippen molar-refractivity contribution in [1.82, 2.24) is 4.90 Å². The minimum absolute atomic E-state index is 0.0518. The van der Waals surface area contributed by atoms with Crippen molar-refractivity contribution in [2.75, 3.05) is 12.0 Å². The summed E-state index contributed by atoms with van der Waals surface area (Å²) < 4.78 is 25.1. The fraction of sp³-hybridized carbons (Fsp3) is 0.481. The molecule has 0 spiro atoms. The second kappa shape index (κ2) is 10.3. The third kappa shape index (κ3) is 5.74. The average molecular weight is 553 g/mol. The highest BCUT2D eigenvalue weighted by Crippen LogP contribution is 2.55. The maximum absolute atomic E-state index is 14.4. The number of nitrogens with zero attached hydrogens (tertiary/aromatic N) is 1. The minimum atomic E-state index is -3.42. The Labute approximate surface area is 222 Å². The number of aliphatic carboxylic acids is 1. The molecule has 1 N–H and O–H groups in total. The molecule has 1 aliphatic carbocycles. The van der Waals surface area contributed by atoms with Crippen molar-refractivity contribution in [3.8, 4) is 0 Å². The molecular formula is C27H31Cl2NO5S. The molecule has 4 rings (SSSR count). The van der Waals surface area contributed by atoms with Gasteiger partial charge < -0.3 is 10.0 Å². The number of carboxylic acid groups (broad SMARTS) is 1. The Bertz CT molecular complexity index is 1250. The van der Waals surface area contributed by atoms with E-state index < -0.39 is 33.3 Å². The van der Waals surface area contributed by atoms with E-state index >= 15 is 0 Å². The lowest BCUT2D eigenvalue weighted by Crippen LogP contribution is -2.58. The van der Waals surface area contributed by atoms with Crippen LogP contribution >= 0.6 is 23.2 Å². The maximum Gasteiger partial charge on any atom is 0.304 e. The van der Waals surface area contributed by atoms with Crippen LogP contribution in [0.5, 0.6) is 0 Å². The molecule has 2 aromatic carbocycles. The molecule has 0 unspecified atom stereocenters. The molecule has 1 amide bonds. The Morgan fingerprint density at radius 3 is 2.31 bits per heavy atom. The van der Waals surface area contributed by atoms with Gasteiger partial charge in [0.15, 0.2) is 0 Å². The SMILES string of the molecule is CC[C@]1(CC(=O)O)C[C@H](c2cccc(Cl)c2)[C@@H](c2ccc(Cl)cc2)N([C@H](CS(C)(=O)=O)C2CC2)C1=O. The summed E-state index contributed by atoms with van der Waals surface area (Å²) >= 11 is 12.6. The predicted octanol–water partition coefficient (Wildman–Crippen LogP) is 5.74.